The van der Waals surface area contributed by atoms with Crippen molar-refractivity contribution in [3.05, 3.63) is 29.8 Å². The lowest BCUT2D eigenvalue weighted by Crippen LogP contribution is -2.53. The Morgan fingerprint density at radius 3 is 2.00 bits per heavy atom. The van der Waals surface area contributed by atoms with E-state index in [9.17, 15) is 14.4 Å². The van der Waals surface area contributed by atoms with Crippen LogP contribution in [0.2, 0.25) is 0 Å². The second-order valence-corrected chi connectivity index (χ2v) is 9.19. The van der Waals surface area contributed by atoms with Crippen LogP contribution in [0, 0.1) is 11.3 Å². The van der Waals surface area contributed by atoms with Gasteiger partial charge in [0.05, 0.1) is 0 Å². The third-order valence-corrected chi connectivity index (χ3v) is 4.45. The average Bonchev–Trinajstić information content (AvgIpc) is 2.59. The van der Waals surface area contributed by atoms with Gasteiger partial charge in [-0.3, -0.25) is 14.4 Å². The minimum absolute atomic E-state index is 0.0820. The largest absolute Gasteiger partial charge is 0.344 e. The van der Waals surface area contributed by atoms with Gasteiger partial charge in [0.2, 0.25) is 17.7 Å². The lowest BCUT2D eigenvalue weighted by Gasteiger charge is -2.24. The fourth-order valence-electron chi connectivity index (χ4n) is 2.95. The first-order valence-corrected chi connectivity index (χ1v) is 10.4. The Kier molecular flexibility index (Phi) is 9.34. The molecule has 29 heavy (non-hydrogen) atoms. The van der Waals surface area contributed by atoms with Crippen molar-refractivity contribution in [1.29, 1.82) is 0 Å². The molecule has 6 nitrogen and oxygen atoms in total. The molecule has 2 atom stereocenters. The van der Waals surface area contributed by atoms with Crippen molar-refractivity contribution in [2.75, 3.05) is 5.32 Å². The number of amides is 3. The summed E-state index contributed by atoms with van der Waals surface area (Å²) in [4.78, 5) is 36.9. The minimum Gasteiger partial charge on any atom is -0.344 e. The van der Waals surface area contributed by atoms with Crippen molar-refractivity contribution in [3.63, 3.8) is 0 Å². The summed E-state index contributed by atoms with van der Waals surface area (Å²) in [7, 11) is 0. The second-order valence-electron chi connectivity index (χ2n) is 9.19. The number of carbonyl (C=O) groups excluding carboxylic acids is 3. The van der Waals surface area contributed by atoms with Gasteiger partial charge in [-0.25, -0.2) is 0 Å². The van der Waals surface area contributed by atoms with Gasteiger partial charge in [0, 0.05) is 12.1 Å². The standard InChI is InChI=1S/C23H37N3O3/c1-8-9-19(27)26-20(15(2)3)22(29)24-16(4)21(28)25-18-12-10-17(11-13-18)14-23(5,6)7/h10-13,15-16,20H,8-9,14H2,1-7H3,(H,24,29)(H,25,28)(H,26,27)/t16-,20-/m0/s1. The Balaban J connectivity index is 2.66. The first-order valence-electron chi connectivity index (χ1n) is 10.4. The predicted molar refractivity (Wildman–Crippen MR) is 118 cm³/mol. The molecule has 6 heteroatoms. The van der Waals surface area contributed by atoms with Gasteiger partial charge >= 0.3 is 0 Å². The summed E-state index contributed by atoms with van der Waals surface area (Å²) >= 11 is 0. The highest BCUT2D eigenvalue weighted by molar-refractivity contribution is 5.98. The monoisotopic (exact) mass is 403 g/mol. The van der Waals surface area contributed by atoms with Gasteiger partial charge < -0.3 is 16.0 Å². The lowest BCUT2D eigenvalue weighted by molar-refractivity contribution is -0.131. The zero-order valence-corrected chi connectivity index (χ0v) is 18.9. The SMILES string of the molecule is CCCC(=O)N[C@H](C(=O)N[C@@H](C)C(=O)Nc1ccc(CC(C)(C)C)cc1)C(C)C. The number of benzene rings is 1. The molecule has 0 aliphatic rings. The minimum atomic E-state index is -0.721. The van der Waals surface area contributed by atoms with E-state index in [0.29, 0.717) is 18.5 Å². The average molecular weight is 404 g/mol. The maximum absolute atomic E-state index is 12.6. The molecule has 1 aromatic rings. The highest BCUT2D eigenvalue weighted by Crippen LogP contribution is 2.21. The number of hydrogen-bond donors (Lipinski definition) is 3. The Labute approximate surface area is 175 Å². The van der Waals surface area contributed by atoms with E-state index in [-0.39, 0.29) is 29.1 Å². The zero-order valence-electron chi connectivity index (χ0n) is 18.9. The molecular weight excluding hydrogens is 366 g/mol. The van der Waals surface area contributed by atoms with Gasteiger partial charge in [-0.05, 0) is 48.8 Å². The first kappa shape index (κ1) is 24.7. The molecule has 3 N–H and O–H groups in total. The highest BCUT2D eigenvalue weighted by Gasteiger charge is 2.26. The summed E-state index contributed by atoms with van der Waals surface area (Å²) < 4.78 is 0. The fraction of sp³-hybridized carbons (Fsp3) is 0.609. The third kappa shape index (κ3) is 9.11. The van der Waals surface area contributed by atoms with Crippen molar-refractivity contribution in [1.82, 2.24) is 10.6 Å². The third-order valence-electron chi connectivity index (χ3n) is 4.45. The second kappa shape index (κ2) is 11.0. The van der Waals surface area contributed by atoms with Crippen LogP contribution in [0.1, 0.15) is 66.9 Å². The maximum Gasteiger partial charge on any atom is 0.246 e. The smallest absolute Gasteiger partial charge is 0.246 e. The van der Waals surface area contributed by atoms with Crippen molar-refractivity contribution in [3.8, 4) is 0 Å². The molecular formula is C23H37N3O3. The number of hydrogen-bond acceptors (Lipinski definition) is 3. The predicted octanol–water partition coefficient (Wildman–Crippen LogP) is 3.66. The van der Waals surface area contributed by atoms with Gasteiger partial charge in [0.25, 0.3) is 0 Å². The van der Waals surface area contributed by atoms with Crippen LogP contribution >= 0.6 is 0 Å². The van der Waals surface area contributed by atoms with Crippen molar-refractivity contribution < 1.29 is 14.4 Å². The molecule has 1 rings (SSSR count). The van der Waals surface area contributed by atoms with Gasteiger partial charge in [0.1, 0.15) is 12.1 Å². The molecule has 0 radical (unpaired) electrons. The molecule has 1 aromatic carbocycles. The first-order chi connectivity index (χ1) is 13.4. The van der Waals surface area contributed by atoms with Crippen LogP contribution in [-0.2, 0) is 20.8 Å². The van der Waals surface area contributed by atoms with E-state index in [0.717, 1.165) is 6.42 Å². The zero-order chi connectivity index (χ0) is 22.2. The molecule has 0 aliphatic carbocycles. The van der Waals surface area contributed by atoms with Gasteiger partial charge in [-0.2, -0.15) is 0 Å². The van der Waals surface area contributed by atoms with Crippen LogP contribution in [0.4, 0.5) is 5.69 Å². The molecule has 0 heterocycles. The van der Waals surface area contributed by atoms with Crippen LogP contribution in [0.3, 0.4) is 0 Å². The summed E-state index contributed by atoms with van der Waals surface area (Å²) in [5.74, 6) is -0.896. The number of carbonyl (C=O) groups is 3. The molecule has 0 unspecified atom stereocenters. The summed E-state index contributed by atoms with van der Waals surface area (Å²) in [5, 5.41) is 8.28. The van der Waals surface area contributed by atoms with Crippen LogP contribution in [0.25, 0.3) is 0 Å². The van der Waals surface area contributed by atoms with E-state index in [1.54, 1.807) is 6.92 Å². The molecule has 0 saturated carbocycles. The topological polar surface area (TPSA) is 87.3 Å². The van der Waals surface area contributed by atoms with Gasteiger partial charge in [0.15, 0.2) is 0 Å². The molecule has 0 bridgehead atoms. The van der Waals surface area contributed by atoms with E-state index in [1.165, 1.54) is 5.56 Å². The molecule has 0 aromatic heterocycles. The van der Waals surface area contributed by atoms with Crippen molar-refractivity contribution in [2.24, 2.45) is 11.3 Å². The Hall–Kier alpha value is -2.37. The van der Waals surface area contributed by atoms with Crippen LogP contribution in [0.5, 0.6) is 0 Å². The Bertz CT molecular complexity index is 690. The molecule has 162 valence electrons. The summed E-state index contributed by atoms with van der Waals surface area (Å²) in [6.45, 7) is 13.8. The number of anilines is 1. The van der Waals surface area contributed by atoms with Crippen molar-refractivity contribution in [2.45, 2.75) is 79.8 Å². The summed E-state index contributed by atoms with van der Waals surface area (Å²) in [6.07, 6.45) is 2.04. The van der Waals surface area contributed by atoms with Crippen LogP contribution in [-0.4, -0.2) is 29.8 Å². The van der Waals surface area contributed by atoms with E-state index >= 15 is 0 Å². The summed E-state index contributed by atoms with van der Waals surface area (Å²) in [6, 6.07) is 6.36. The van der Waals surface area contributed by atoms with Crippen LogP contribution in [0.15, 0.2) is 24.3 Å². The number of rotatable bonds is 9. The van der Waals surface area contributed by atoms with E-state index in [2.05, 4.69) is 36.7 Å². The Morgan fingerprint density at radius 1 is 0.931 bits per heavy atom. The maximum atomic E-state index is 12.6. The van der Waals surface area contributed by atoms with E-state index in [1.807, 2.05) is 45.0 Å². The molecule has 3 amide bonds. The van der Waals surface area contributed by atoms with E-state index < -0.39 is 12.1 Å². The Morgan fingerprint density at radius 2 is 1.52 bits per heavy atom. The highest BCUT2D eigenvalue weighted by atomic mass is 16.2. The van der Waals surface area contributed by atoms with Gasteiger partial charge in [-0.1, -0.05) is 53.7 Å². The molecule has 0 spiro atoms. The fourth-order valence-corrected chi connectivity index (χ4v) is 2.95. The summed E-state index contributed by atoms with van der Waals surface area (Å²) in [5.41, 5.74) is 2.09. The molecule has 0 saturated heterocycles. The normalized spacial score (nSPS) is 13.5. The van der Waals surface area contributed by atoms with Crippen molar-refractivity contribution >= 4 is 23.4 Å². The van der Waals surface area contributed by atoms with E-state index in [4.69, 9.17) is 0 Å². The van der Waals surface area contributed by atoms with Gasteiger partial charge in [-0.15, -0.1) is 0 Å². The lowest BCUT2D eigenvalue weighted by atomic mass is 9.88. The van der Waals surface area contributed by atoms with Crippen LogP contribution < -0.4 is 16.0 Å². The number of nitrogens with one attached hydrogen (secondary N) is 3. The quantitative estimate of drug-likeness (QED) is 0.588. The molecule has 0 aliphatic heterocycles. The molecule has 0 fully saturated rings.